The maximum absolute atomic E-state index is 13.1. The Morgan fingerprint density at radius 1 is 1.28 bits per heavy atom. The van der Waals surface area contributed by atoms with Crippen molar-refractivity contribution in [3.05, 3.63) is 6.33 Å². The summed E-state index contributed by atoms with van der Waals surface area (Å²) in [5.74, 6) is 0.387. The van der Waals surface area contributed by atoms with Gasteiger partial charge in [-0.2, -0.15) is 14.3 Å². The Labute approximate surface area is 181 Å². The van der Waals surface area contributed by atoms with Crippen LogP contribution in [0.25, 0.3) is 11.2 Å². The molecule has 0 aromatic carbocycles. The fraction of sp³-hybridized carbons (Fsp3) is 0.643. The lowest BCUT2D eigenvalue weighted by atomic mass is 10.2. The second kappa shape index (κ2) is 10.5. The van der Waals surface area contributed by atoms with Crippen LogP contribution in [-0.4, -0.2) is 78.9 Å². The Morgan fingerprint density at radius 2 is 1.94 bits per heavy atom. The molecule has 15 nitrogen and oxygen atoms in total. The molecule has 2 rings (SSSR count). The number of halogens is 1. The van der Waals surface area contributed by atoms with Crippen molar-refractivity contribution in [3.63, 3.8) is 0 Å². The van der Waals surface area contributed by atoms with Crippen molar-refractivity contribution < 1.29 is 46.9 Å². The van der Waals surface area contributed by atoms with Crippen LogP contribution in [0.5, 0.6) is 0 Å². The lowest BCUT2D eigenvalue weighted by Crippen LogP contribution is -2.37. The Hall–Kier alpha value is -1.74. The maximum Gasteiger partial charge on any atom is 0.481 e. The van der Waals surface area contributed by atoms with Crippen LogP contribution in [0.3, 0.4) is 0 Å². The maximum atomic E-state index is 13.1. The number of nitrogens with two attached hydrogens (primary N) is 1. The van der Waals surface area contributed by atoms with Gasteiger partial charge in [-0.3, -0.25) is 9.09 Å². The summed E-state index contributed by atoms with van der Waals surface area (Å²) in [5, 5.41) is 9.94. The van der Waals surface area contributed by atoms with Crippen molar-refractivity contribution in [2.24, 2.45) is 0 Å². The normalized spacial score (nSPS) is 17.1. The van der Waals surface area contributed by atoms with E-state index in [1.807, 2.05) is 0 Å². The first kappa shape index (κ1) is 26.5. The Kier molecular flexibility index (Phi) is 8.67. The molecule has 32 heavy (non-hydrogen) atoms. The number of hydrogen-bond acceptors (Lipinski definition) is 11. The summed E-state index contributed by atoms with van der Waals surface area (Å²) in [6.07, 6.45) is -2.63. The van der Waals surface area contributed by atoms with E-state index in [2.05, 4.69) is 23.8 Å². The van der Waals surface area contributed by atoms with E-state index in [0.29, 0.717) is 11.3 Å². The number of aliphatic hydroxyl groups is 1. The number of nitrogens with zero attached hydrogens (tertiary/aromatic N) is 5. The zero-order chi connectivity index (χ0) is 24.3. The lowest BCUT2D eigenvalue weighted by molar-refractivity contribution is -0.125. The van der Waals surface area contributed by atoms with Crippen LogP contribution in [0, 0.1) is 0 Å². The molecule has 18 heteroatoms. The van der Waals surface area contributed by atoms with Gasteiger partial charge in [0.2, 0.25) is 5.95 Å². The zero-order valence-corrected chi connectivity index (χ0v) is 19.1. The molecule has 182 valence electrons. The first-order valence-corrected chi connectivity index (χ1v) is 12.1. The minimum atomic E-state index is -5.35. The Morgan fingerprint density at radius 3 is 2.47 bits per heavy atom. The molecule has 1 unspecified atom stereocenters. The Balaban J connectivity index is 2.30. The molecule has 2 aromatic heterocycles. The highest BCUT2D eigenvalue weighted by Gasteiger charge is 2.35. The zero-order valence-electron chi connectivity index (χ0n) is 17.3. The first-order chi connectivity index (χ1) is 14.8. The fourth-order valence-electron chi connectivity index (χ4n) is 2.67. The van der Waals surface area contributed by atoms with Crippen molar-refractivity contribution in [2.45, 2.75) is 31.8 Å². The molecule has 0 aliphatic heterocycles. The van der Waals surface area contributed by atoms with E-state index in [9.17, 15) is 23.5 Å². The molecule has 2 aromatic rings. The SMILES string of the molecule is CC[C@@H](O[C@H](COP(=O)(O)OP(=O)(O)O)[C@@H](O)CF)n1cnc2c(N(C)C)nc(N)nc21. The van der Waals surface area contributed by atoms with Crippen LogP contribution in [0.2, 0.25) is 0 Å². The highest BCUT2D eigenvalue weighted by atomic mass is 31.3. The van der Waals surface area contributed by atoms with Crippen molar-refractivity contribution in [1.82, 2.24) is 19.5 Å². The van der Waals surface area contributed by atoms with E-state index < -0.39 is 47.4 Å². The van der Waals surface area contributed by atoms with Crippen LogP contribution in [0.1, 0.15) is 19.6 Å². The van der Waals surface area contributed by atoms with Gasteiger partial charge in [-0.25, -0.2) is 18.5 Å². The fourth-order valence-corrected chi connectivity index (χ4v) is 4.27. The monoisotopic (exact) mass is 502 g/mol. The second-order valence-electron chi connectivity index (χ2n) is 6.72. The molecule has 0 saturated heterocycles. The van der Waals surface area contributed by atoms with E-state index in [1.165, 1.54) is 10.9 Å². The summed E-state index contributed by atoms with van der Waals surface area (Å²) in [5.41, 5.74) is 6.44. The summed E-state index contributed by atoms with van der Waals surface area (Å²) in [6.45, 7) is -0.534. The Bertz CT molecular complexity index is 1020. The van der Waals surface area contributed by atoms with E-state index in [1.54, 1.807) is 25.9 Å². The number of aromatic nitrogens is 4. The minimum absolute atomic E-state index is 0.0442. The molecular weight excluding hydrogens is 477 g/mol. The van der Waals surface area contributed by atoms with E-state index in [4.69, 9.17) is 20.3 Å². The molecule has 0 amide bonds. The summed E-state index contributed by atoms with van der Waals surface area (Å²) < 4.78 is 50.9. The predicted octanol–water partition coefficient (Wildman–Crippen LogP) is 0.325. The standard InChI is InChI=1S/C14H25FN6O9P2/c1-4-10(21-7-17-11-12(20(2)3)18-14(16)19-13(11)21)29-9(8(22)5-15)6-28-32(26,27)30-31(23,24)25/h7-10,22H,4-6H2,1-3H3,(H,26,27)(H2,16,18,19)(H2,23,24,25)/t8-,9+,10+/m0/s1. The van der Waals surface area contributed by atoms with Crippen molar-refractivity contribution in [2.75, 3.05) is 38.0 Å². The topological polar surface area (TPSA) is 216 Å². The van der Waals surface area contributed by atoms with Gasteiger partial charge in [0.1, 0.15) is 25.1 Å². The second-order valence-corrected chi connectivity index (χ2v) is 9.55. The highest BCUT2D eigenvalue weighted by Crippen LogP contribution is 2.57. The molecule has 6 N–H and O–H groups in total. The largest absolute Gasteiger partial charge is 0.481 e. The number of anilines is 2. The number of phosphoric acid groups is 2. The number of alkyl halides is 1. The molecular formula is C14H25FN6O9P2. The summed E-state index contributed by atoms with van der Waals surface area (Å²) >= 11 is 0. The number of imidazole rings is 1. The summed E-state index contributed by atoms with van der Waals surface area (Å²) in [7, 11) is -7.13. The third-order valence-electron chi connectivity index (χ3n) is 4.03. The number of phosphoric ester groups is 1. The van der Waals surface area contributed by atoms with Crippen LogP contribution < -0.4 is 10.6 Å². The third-order valence-corrected chi connectivity index (χ3v) is 6.19. The van der Waals surface area contributed by atoms with Gasteiger partial charge in [-0.15, -0.1) is 0 Å². The minimum Gasteiger partial charge on any atom is -0.388 e. The molecule has 0 spiro atoms. The lowest BCUT2D eigenvalue weighted by Gasteiger charge is -2.28. The van der Waals surface area contributed by atoms with Crippen LogP contribution >= 0.6 is 15.6 Å². The highest BCUT2D eigenvalue weighted by molar-refractivity contribution is 7.60. The van der Waals surface area contributed by atoms with Crippen molar-refractivity contribution in [1.29, 1.82) is 0 Å². The predicted molar refractivity (Wildman–Crippen MR) is 109 cm³/mol. The van der Waals surface area contributed by atoms with Crippen molar-refractivity contribution >= 4 is 38.6 Å². The number of fused-ring (bicyclic) bond motifs is 1. The molecule has 0 bridgehead atoms. The molecule has 0 aliphatic carbocycles. The van der Waals surface area contributed by atoms with Crippen LogP contribution in [0.15, 0.2) is 6.33 Å². The van der Waals surface area contributed by atoms with Crippen LogP contribution in [-0.2, 0) is 22.7 Å². The average Bonchev–Trinajstić information content (AvgIpc) is 3.08. The van der Waals surface area contributed by atoms with Gasteiger partial charge < -0.3 is 35.2 Å². The number of rotatable bonds is 12. The molecule has 0 radical (unpaired) electrons. The molecule has 4 atom stereocenters. The first-order valence-electron chi connectivity index (χ1n) is 9.09. The van der Waals surface area contributed by atoms with Gasteiger partial charge in [-0.05, 0) is 6.42 Å². The molecule has 2 heterocycles. The quantitative estimate of drug-likeness (QED) is 0.247. The molecule has 0 saturated carbocycles. The number of ether oxygens (including phenoxy) is 1. The molecule has 0 aliphatic rings. The smallest absolute Gasteiger partial charge is 0.388 e. The third kappa shape index (κ3) is 6.88. The number of aliphatic hydroxyl groups excluding tert-OH is 1. The van der Waals surface area contributed by atoms with Gasteiger partial charge in [0.05, 0.1) is 12.9 Å². The number of nitrogen functional groups attached to an aromatic ring is 1. The van der Waals surface area contributed by atoms with E-state index >= 15 is 0 Å². The van der Waals surface area contributed by atoms with Gasteiger partial charge in [0, 0.05) is 14.1 Å². The van der Waals surface area contributed by atoms with Crippen LogP contribution in [0.4, 0.5) is 16.2 Å². The van der Waals surface area contributed by atoms with Gasteiger partial charge >= 0.3 is 15.6 Å². The van der Waals surface area contributed by atoms with Gasteiger partial charge in [-0.1, -0.05) is 6.92 Å². The van der Waals surface area contributed by atoms with Gasteiger partial charge in [0.15, 0.2) is 17.0 Å². The van der Waals surface area contributed by atoms with Gasteiger partial charge in [0.25, 0.3) is 0 Å². The van der Waals surface area contributed by atoms with Crippen molar-refractivity contribution in [3.8, 4) is 0 Å². The molecule has 0 fully saturated rings. The number of hydrogen-bond donors (Lipinski definition) is 5. The van der Waals surface area contributed by atoms with E-state index in [-0.39, 0.29) is 18.0 Å². The summed E-state index contributed by atoms with van der Waals surface area (Å²) in [4.78, 5) is 40.9. The summed E-state index contributed by atoms with van der Waals surface area (Å²) in [6, 6.07) is 0. The average molecular weight is 502 g/mol. The van der Waals surface area contributed by atoms with E-state index in [0.717, 1.165) is 0 Å².